The Morgan fingerprint density at radius 2 is 1.49 bits per heavy atom. The van der Waals surface area contributed by atoms with Gasteiger partial charge in [-0.05, 0) is 47.9 Å². The summed E-state index contributed by atoms with van der Waals surface area (Å²) in [4.78, 5) is 39.9. The van der Waals surface area contributed by atoms with Crippen LogP contribution in [0, 0.1) is 22.7 Å². The molecule has 0 radical (unpaired) electrons. The third kappa shape index (κ3) is 8.91. The maximum Gasteiger partial charge on any atom is 0.328 e. The van der Waals surface area contributed by atoms with Crippen molar-refractivity contribution in [2.75, 3.05) is 26.1 Å². The number of nitriles is 2. The summed E-state index contributed by atoms with van der Waals surface area (Å²) in [5.74, 6) is -1.57. The quantitative estimate of drug-likeness (QED) is 0.198. The van der Waals surface area contributed by atoms with Crippen molar-refractivity contribution in [3.05, 3.63) is 113 Å². The average Bonchev–Trinajstić information content (AvgIpc) is 3.03. The minimum Gasteiger partial charge on any atom is -0.467 e. The van der Waals surface area contributed by atoms with Crippen LogP contribution in [0.4, 0.5) is 5.69 Å². The number of rotatable bonds is 11. The maximum atomic E-state index is 12.8. The smallest absolute Gasteiger partial charge is 0.328 e. The van der Waals surface area contributed by atoms with Crippen molar-refractivity contribution in [3.63, 3.8) is 0 Å². The molecule has 0 saturated carbocycles. The van der Waals surface area contributed by atoms with E-state index >= 15 is 0 Å². The number of ether oxygens (including phenoxy) is 1. The number of anilines is 1. The van der Waals surface area contributed by atoms with Crippen LogP contribution in [0.3, 0.4) is 0 Å². The number of carbonyl (C=O) groups is 3. The van der Waals surface area contributed by atoms with Gasteiger partial charge in [0.1, 0.15) is 29.8 Å². The van der Waals surface area contributed by atoms with Gasteiger partial charge in [-0.15, -0.1) is 0 Å². The van der Waals surface area contributed by atoms with Crippen LogP contribution < -0.4 is 15.5 Å². The molecule has 2 atom stereocenters. The van der Waals surface area contributed by atoms with Crippen molar-refractivity contribution in [3.8, 4) is 12.1 Å². The number of nitrogens with zero attached hydrogens (tertiary/aromatic N) is 3. The molecule has 0 aliphatic heterocycles. The van der Waals surface area contributed by atoms with Gasteiger partial charge < -0.3 is 20.3 Å². The highest BCUT2D eigenvalue weighted by Gasteiger charge is 2.25. The molecule has 43 heavy (non-hydrogen) atoms. The van der Waals surface area contributed by atoms with E-state index in [1.54, 1.807) is 36.4 Å². The first-order chi connectivity index (χ1) is 20.7. The van der Waals surface area contributed by atoms with Gasteiger partial charge in [0.15, 0.2) is 0 Å². The first-order valence-corrected chi connectivity index (χ1v) is 13.5. The fourth-order valence-electron chi connectivity index (χ4n) is 4.16. The maximum absolute atomic E-state index is 12.8. The van der Waals surface area contributed by atoms with E-state index in [-0.39, 0.29) is 12.0 Å². The molecule has 2 N–H and O–H groups in total. The number of nitrogens with one attached hydrogen (secondary N) is 2. The molecule has 0 unspecified atom stereocenters. The van der Waals surface area contributed by atoms with E-state index in [2.05, 4.69) is 10.6 Å². The summed E-state index contributed by atoms with van der Waals surface area (Å²) in [6, 6.07) is 25.5. The molecule has 2 amide bonds. The zero-order valence-corrected chi connectivity index (χ0v) is 24.5. The molecule has 0 heterocycles. The summed E-state index contributed by atoms with van der Waals surface area (Å²) in [6.45, 7) is 1.53. The molecule has 9 nitrogen and oxygen atoms in total. The van der Waals surface area contributed by atoms with Crippen LogP contribution in [0.5, 0.6) is 0 Å². The molecule has 9 heteroatoms. The molecule has 0 aliphatic rings. The van der Waals surface area contributed by atoms with Crippen LogP contribution in [0.15, 0.2) is 90.5 Å². The summed E-state index contributed by atoms with van der Waals surface area (Å²) in [6.07, 6.45) is 3.69. The highest BCUT2D eigenvalue weighted by Crippen LogP contribution is 2.24. The van der Waals surface area contributed by atoms with Crippen LogP contribution in [0.1, 0.15) is 34.0 Å². The molecule has 0 aliphatic carbocycles. The lowest BCUT2D eigenvalue weighted by atomic mass is 9.99. The molecule has 3 aromatic rings. The fraction of sp³-hybridized carbons (Fsp3) is 0.206. The normalized spacial score (nSPS) is 11.8. The summed E-state index contributed by atoms with van der Waals surface area (Å²) in [5, 5.41) is 24.3. The van der Waals surface area contributed by atoms with Gasteiger partial charge in [0.2, 0.25) is 5.91 Å². The molecule has 0 fully saturated rings. The Morgan fingerprint density at radius 3 is 2.05 bits per heavy atom. The Morgan fingerprint density at radius 1 is 0.884 bits per heavy atom. The van der Waals surface area contributed by atoms with E-state index < -0.39 is 29.9 Å². The van der Waals surface area contributed by atoms with Crippen molar-refractivity contribution < 1.29 is 19.1 Å². The van der Waals surface area contributed by atoms with Gasteiger partial charge in [0, 0.05) is 37.3 Å². The number of carbonyl (C=O) groups excluding carboxylic acids is 3. The van der Waals surface area contributed by atoms with Crippen LogP contribution in [0.25, 0.3) is 11.6 Å². The molecule has 0 bridgehead atoms. The van der Waals surface area contributed by atoms with E-state index in [1.165, 1.54) is 14.0 Å². The largest absolute Gasteiger partial charge is 0.467 e. The first kappa shape index (κ1) is 31.9. The number of methoxy groups -OCH3 is 1. The predicted octanol–water partition coefficient (Wildman–Crippen LogP) is 4.29. The summed E-state index contributed by atoms with van der Waals surface area (Å²) < 4.78 is 4.84. The summed E-state index contributed by atoms with van der Waals surface area (Å²) in [5.41, 5.74) is 4.09. The lowest BCUT2D eigenvalue weighted by molar-refractivity contribution is -0.145. The van der Waals surface area contributed by atoms with Gasteiger partial charge in [-0.3, -0.25) is 9.59 Å². The molecular formula is C34H33N5O4. The highest BCUT2D eigenvalue weighted by molar-refractivity contribution is 5.98. The number of hydrogen-bond acceptors (Lipinski definition) is 7. The second-order valence-corrected chi connectivity index (χ2v) is 9.88. The van der Waals surface area contributed by atoms with Crippen LogP contribution in [-0.2, 0) is 20.7 Å². The lowest BCUT2D eigenvalue weighted by Gasteiger charge is -2.20. The van der Waals surface area contributed by atoms with Crippen molar-refractivity contribution in [2.24, 2.45) is 0 Å². The van der Waals surface area contributed by atoms with Crippen molar-refractivity contribution >= 4 is 35.1 Å². The number of hydrogen-bond donors (Lipinski definition) is 2. The third-order valence-electron chi connectivity index (χ3n) is 6.63. The molecule has 3 rings (SSSR count). The van der Waals surface area contributed by atoms with Gasteiger partial charge in [0.25, 0.3) is 5.91 Å². The predicted molar refractivity (Wildman–Crippen MR) is 165 cm³/mol. The van der Waals surface area contributed by atoms with Gasteiger partial charge in [-0.1, -0.05) is 66.7 Å². The Bertz CT molecular complexity index is 1560. The van der Waals surface area contributed by atoms with Crippen LogP contribution in [0.2, 0.25) is 0 Å². The second-order valence-electron chi connectivity index (χ2n) is 9.88. The van der Waals surface area contributed by atoms with E-state index in [4.69, 9.17) is 4.74 Å². The van der Waals surface area contributed by atoms with Crippen LogP contribution in [-0.4, -0.2) is 51.1 Å². The topological polar surface area (TPSA) is 135 Å². The molecule has 0 aromatic heterocycles. The molecule has 3 aromatic carbocycles. The standard InChI is InChI=1S/C34H33N5O4/c1-23(32(40)38-31(34(42)43-4)20-25-8-6-5-7-9-25)37-33(41)27-13-10-24(11-14-27)12-19-30(28(21-35)22-36)26-15-17-29(18-16-26)39(2)3/h5-19,23,31H,20H2,1-4H3,(H,37,41)(H,38,40)/b19-12+/t23-,31-/m0/s1. The zero-order chi connectivity index (χ0) is 31.4. The third-order valence-corrected chi connectivity index (χ3v) is 6.63. The van der Waals surface area contributed by atoms with Crippen molar-refractivity contribution in [1.82, 2.24) is 10.6 Å². The summed E-state index contributed by atoms with van der Waals surface area (Å²) in [7, 11) is 5.10. The molecule has 0 spiro atoms. The lowest BCUT2D eigenvalue weighted by Crippen LogP contribution is -2.51. The molecule has 0 saturated heterocycles. The summed E-state index contributed by atoms with van der Waals surface area (Å²) >= 11 is 0. The highest BCUT2D eigenvalue weighted by atomic mass is 16.5. The van der Waals surface area contributed by atoms with E-state index in [0.717, 1.165) is 22.4 Å². The van der Waals surface area contributed by atoms with E-state index in [9.17, 15) is 24.9 Å². The Labute approximate surface area is 251 Å². The van der Waals surface area contributed by atoms with E-state index in [0.29, 0.717) is 11.1 Å². The van der Waals surface area contributed by atoms with Gasteiger partial charge >= 0.3 is 5.97 Å². The van der Waals surface area contributed by atoms with Gasteiger partial charge in [-0.2, -0.15) is 10.5 Å². The molecular weight excluding hydrogens is 542 g/mol. The van der Waals surface area contributed by atoms with Gasteiger partial charge in [-0.25, -0.2) is 4.79 Å². The fourth-order valence-corrected chi connectivity index (χ4v) is 4.16. The SMILES string of the molecule is COC(=O)[C@H](Cc1ccccc1)NC(=O)[C@H](C)NC(=O)c1ccc(/C=C/C(=C(C#N)C#N)c2ccc(N(C)C)cc2)cc1. The van der Waals surface area contributed by atoms with Crippen LogP contribution >= 0.6 is 0 Å². The monoisotopic (exact) mass is 575 g/mol. The number of allylic oxidation sites excluding steroid dienone is 3. The minimum absolute atomic E-state index is 0.0182. The number of amides is 2. The Balaban J connectivity index is 1.68. The Kier molecular flexibility index (Phi) is 11.4. The van der Waals surface area contributed by atoms with E-state index in [1.807, 2.05) is 85.7 Å². The first-order valence-electron chi connectivity index (χ1n) is 13.5. The average molecular weight is 576 g/mol. The Hall–Kier alpha value is -5.67. The zero-order valence-electron chi connectivity index (χ0n) is 24.5. The van der Waals surface area contributed by atoms with Crippen molar-refractivity contribution in [1.29, 1.82) is 10.5 Å². The van der Waals surface area contributed by atoms with Gasteiger partial charge in [0.05, 0.1) is 7.11 Å². The minimum atomic E-state index is -0.919. The van der Waals surface area contributed by atoms with Crippen molar-refractivity contribution in [2.45, 2.75) is 25.4 Å². The number of benzene rings is 3. The number of esters is 1. The molecule has 218 valence electrons. The second kappa shape index (κ2) is 15.4.